The Morgan fingerprint density at radius 3 is 1.03 bits per heavy atom. The van der Waals surface area contributed by atoms with Gasteiger partial charge in [0.1, 0.15) is 11.3 Å². The molecule has 0 aliphatic carbocycles. The monoisotopic (exact) mass is 996 g/mol. The molecule has 366 valence electrons. The zero-order chi connectivity index (χ0) is 52.1. The minimum Gasteiger partial charge on any atom is -0.456 e. The van der Waals surface area contributed by atoms with Crippen LogP contribution in [-0.4, -0.2) is 17.2 Å². The molecule has 2 N–H and O–H groups in total. The first kappa shape index (κ1) is 46.7. The van der Waals surface area contributed by atoms with E-state index in [9.17, 15) is 10.0 Å². The Labute approximate surface area is 452 Å². The average Bonchev–Trinajstić information content (AvgIpc) is 4.01. The quantitative estimate of drug-likeness (QED) is 0.124. The van der Waals surface area contributed by atoms with Crippen molar-refractivity contribution in [3.05, 3.63) is 285 Å². The standard InChI is InChI=1S/C44H28O.C30H21BO2/c1-3-16-35-29(11-1)13-10-21-36(35)30-23-25-31(26-24-30)43-37-17-4-6-19-39(37)44(40-20-7-5-18-38(40)43)34-15-9-14-32(27-34)42-28-33-12-2-8-22-41(33)45-42;32-31(33)30-27-13-5-3-11-25(27)29(26-12-4-6-14-28(26)30)22-18-16-21(17-19-22)24-15-7-9-20-8-1-2-10-23(20)24/h1-28H;1-19,32-33H. The van der Waals surface area contributed by atoms with E-state index in [1.54, 1.807) is 0 Å². The summed E-state index contributed by atoms with van der Waals surface area (Å²) in [7, 11) is -1.54. The average molecular weight is 997 g/mol. The lowest BCUT2D eigenvalue weighted by atomic mass is 9.72. The molecule has 0 aliphatic heterocycles. The fourth-order valence-electron chi connectivity index (χ4n) is 12.0. The molecule has 15 aromatic rings. The minimum atomic E-state index is -1.54. The number of hydrogen-bond donors (Lipinski definition) is 2. The number of rotatable bonds is 7. The highest BCUT2D eigenvalue weighted by Crippen LogP contribution is 2.45. The van der Waals surface area contributed by atoms with E-state index in [0.717, 1.165) is 55.0 Å². The van der Waals surface area contributed by atoms with Crippen LogP contribution in [0.15, 0.2) is 290 Å². The summed E-state index contributed by atoms with van der Waals surface area (Å²) < 4.78 is 6.26. The zero-order valence-corrected chi connectivity index (χ0v) is 42.5. The van der Waals surface area contributed by atoms with E-state index in [1.165, 1.54) is 87.6 Å². The SMILES string of the molecule is OB(O)c1c2ccccc2c(-c2ccc(-c3cccc4ccccc34)cc2)c2ccccc12.c1cc(-c2cc3ccccc3o2)cc(-c2c3ccccc3c(-c3ccc(-c4cccc5ccccc45)cc3)c3ccccc23)c1. The van der Waals surface area contributed by atoms with Gasteiger partial charge < -0.3 is 14.5 Å². The van der Waals surface area contributed by atoms with Crippen LogP contribution in [0, 0.1) is 0 Å². The van der Waals surface area contributed by atoms with Gasteiger partial charge in [-0.05, 0) is 144 Å². The van der Waals surface area contributed by atoms with Crippen LogP contribution in [0.25, 0.3) is 143 Å². The Morgan fingerprint density at radius 2 is 0.577 bits per heavy atom. The summed E-state index contributed by atoms with van der Waals surface area (Å²) in [4.78, 5) is 0. The van der Waals surface area contributed by atoms with Crippen LogP contribution in [0.4, 0.5) is 0 Å². The van der Waals surface area contributed by atoms with Crippen molar-refractivity contribution in [2.24, 2.45) is 0 Å². The highest BCUT2D eigenvalue weighted by Gasteiger charge is 2.23. The van der Waals surface area contributed by atoms with Crippen molar-refractivity contribution in [1.29, 1.82) is 0 Å². The third-order valence-corrected chi connectivity index (χ3v) is 15.6. The molecular formula is C74H49BO3. The number of benzene rings is 14. The number of para-hydroxylation sites is 1. The third-order valence-electron chi connectivity index (χ3n) is 15.6. The molecule has 0 fully saturated rings. The number of hydrogen-bond acceptors (Lipinski definition) is 3. The van der Waals surface area contributed by atoms with Crippen LogP contribution in [0.3, 0.4) is 0 Å². The summed E-state index contributed by atoms with van der Waals surface area (Å²) >= 11 is 0. The first-order chi connectivity index (χ1) is 38.5. The molecule has 0 bridgehead atoms. The summed E-state index contributed by atoms with van der Waals surface area (Å²) in [5.74, 6) is 0.884. The van der Waals surface area contributed by atoms with Crippen LogP contribution < -0.4 is 5.46 Å². The van der Waals surface area contributed by atoms with Gasteiger partial charge >= 0.3 is 7.12 Å². The van der Waals surface area contributed by atoms with Crippen molar-refractivity contribution < 1.29 is 14.5 Å². The summed E-state index contributed by atoms with van der Waals surface area (Å²) in [6.45, 7) is 0. The van der Waals surface area contributed by atoms with Gasteiger partial charge in [-0.1, -0.05) is 267 Å². The van der Waals surface area contributed by atoms with E-state index in [4.69, 9.17) is 4.42 Å². The molecule has 0 radical (unpaired) electrons. The molecule has 0 spiro atoms. The highest BCUT2D eigenvalue weighted by molar-refractivity contribution is 6.66. The number of furan rings is 1. The molecule has 78 heavy (non-hydrogen) atoms. The molecule has 0 amide bonds. The normalized spacial score (nSPS) is 11.5. The lowest BCUT2D eigenvalue weighted by molar-refractivity contribution is 0.426. The van der Waals surface area contributed by atoms with Gasteiger partial charge in [-0.25, -0.2) is 0 Å². The van der Waals surface area contributed by atoms with E-state index in [0.29, 0.717) is 5.46 Å². The van der Waals surface area contributed by atoms with E-state index in [2.05, 4.69) is 237 Å². The molecule has 1 aromatic heterocycles. The Bertz CT molecular complexity index is 4610. The molecule has 4 heteroatoms. The second-order valence-electron chi connectivity index (χ2n) is 20.0. The number of fused-ring (bicyclic) bond motifs is 7. The maximum absolute atomic E-state index is 10.2. The summed E-state index contributed by atoms with van der Waals surface area (Å²) in [5, 5.41) is 35.2. The van der Waals surface area contributed by atoms with E-state index in [1.807, 2.05) is 48.5 Å². The molecule has 0 unspecified atom stereocenters. The lowest BCUT2D eigenvalue weighted by Gasteiger charge is -2.18. The Kier molecular flexibility index (Phi) is 11.8. The van der Waals surface area contributed by atoms with Gasteiger partial charge in [-0.3, -0.25) is 0 Å². The van der Waals surface area contributed by atoms with Crippen LogP contribution >= 0.6 is 0 Å². The van der Waals surface area contributed by atoms with Crippen molar-refractivity contribution in [2.75, 3.05) is 0 Å². The summed E-state index contributed by atoms with van der Waals surface area (Å²) in [5.41, 5.74) is 14.5. The van der Waals surface area contributed by atoms with Crippen molar-refractivity contribution in [1.82, 2.24) is 0 Å². The largest absolute Gasteiger partial charge is 0.489 e. The summed E-state index contributed by atoms with van der Waals surface area (Å²) in [6, 6.07) is 100. The fraction of sp³-hybridized carbons (Fsp3) is 0. The van der Waals surface area contributed by atoms with Gasteiger partial charge in [-0.15, -0.1) is 0 Å². The lowest BCUT2D eigenvalue weighted by Crippen LogP contribution is -2.31. The molecule has 1 heterocycles. The van der Waals surface area contributed by atoms with E-state index >= 15 is 0 Å². The van der Waals surface area contributed by atoms with Crippen LogP contribution in [0.1, 0.15) is 0 Å². The minimum absolute atomic E-state index is 0.553. The maximum Gasteiger partial charge on any atom is 0.489 e. The second kappa shape index (κ2) is 19.7. The first-order valence-electron chi connectivity index (χ1n) is 26.5. The van der Waals surface area contributed by atoms with Gasteiger partial charge in [0.25, 0.3) is 0 Å². The Balaban J connectivity index is 0.000000149. The predicted octanol–water partition coefficient (Wildman–Crippen LogP) is 18.7. The molecule has 0 aliphatic rings. The van der Waals surface area contributed by atoms with Crippen LogP contribution in [0.5, 0.6) is 0 Å². The topological polar surface area (TPSA) is 53.6 Å². The summed E-state index contributed by atoms with van der Waals surface area (Å²) in [6.07, 6.45) is 0. The second-order valence-corrected chi connectivity index (χ2v) is 20.0. The van der Waals surface area contributed by atoms with Crippen LogP contribution in [-0.2, 0) is 0 Å². The zero-order valence-electron chi connectivity index (χ0n) is 42.5. The Hall–Kier alpha value is -9.84. The fourth-order valence-corrected chi connectivity index (χ4v) is 12.0. The molecule has 0 atom stereocenters. The van der Waals surface area contributed by atoms with Crippen molar-refractivity contribution in [3.63, 3.8) is 0 Å². The van der Waals surface area contributed by atoms with Crippen molar-refractivity contribution in [3.8, 4) is 67.0 Å². The molecular weight excluding hydrogens is 948 g/mol. The molecule has 0 saturated carbocycles. The van der Waals surface area contributed by atoms with Crippen molar-refractivity contribution >= 4 is 88.2 Å². The van der Waals surface area contributed by atoms with Gasteiger partial charge in [0.05, 0.1) is 0 Å². The highest BCUT2D eigenvalue weighted by atomic mass is 16.4. The van der Waals surface area contributed by atoms with E-state index in [-0.39, 0.29) is 0 Å². The molecule has 0 saturated heterocycles. The van der Waals surface area contributed by atoms with Gasteiger partial charge in [0.15, 0.2) is 0 Å². The molecule has 3 nitrogen and oxygen atoms in total. The van der Waals surface area contributed by atoms with E-state index < -0.39 is 7.12 Å². The Morgan fingerprint density at radius 1 is 0.244 bits per heavy atom. The van der Waals surface area contributed by atoms with Crippen LogP contribution in [0.2, 0.25) is 0 Å². The van der Waals surface area contributed by atoms with Gasteiger partial charge in [0, 0.05) is 10.9 Å². The molecule has 15 rings (SSSR count). The first-order valence-corrected chi connectivity index (χ1v) is 26.5. The van der Waals surface area contributed by atoms with Gasteiger partial charge in [0.2, 0.25) is 0 Å². The smallest absolute Gasteiger partial charge is 0.456 e. The van der Waals surface area contributed by atoms with Gasteiger partial charge in [-0.2, -0.15) is 0 Å². The molecule has 14 aromatic carbocycles. The van der Waals surface area contributed by atoms with Crippen molar-refractivity contribution in [2.45, 2.75) is 0 Å². The predicted molar refractivity (Wildman–Crippen MR) is 330 cm³/mol. The maximum atomic E-state index is 10.2. The third kappa shape index (κ3) is 8.19.